The van der Waals surface area contributed by atoms with Crippen LogP contribution in [0.25, 0.3) is 0 Å². The summed E-state index contributed by atoms with van der Waals surface area (Å²) in [6.45, 7) is 5.48. The molecule has 0 aromatic carbocycles. The van der Waals surface area contributed by atoms with Crippen molar-refractivity contribution in [3.05, 3.63) is 0 Å². The fourth-order valence-electron chi connectivity index (χ4n) is 1.20. The van der Waals surface area contributed by atoms with Crippen LogP contribution < -0.4 is 0 Å². The number of esters is 1. The van der Waals surface area contributed by atoms with E-state index in [0.29, 0.717) is 0 Å². The summed E-state index contributed by atoms with van der Waals surface area (Å²) in [7, 11) is 0. The zero-order valence-electron chi connectivity index (χ0n) is 9.20. The minimum absolute atomic E-state index is 0.124. The molecule has 3 unspecified atom stereocenters. The van der Waals surface area contributed by atoms with Crippen LogP contribution in [0.15, 0.2) is 0 Å². The number of ether oxygens (including phenoxy) is 1. The van der Waals surface area contributed by atoms with E-state index in [1.807, 2.05) is 0 Å². The van der Waals surface area contributed by atoms with Gasteiger partial charge in [0, 0.05) is 5.25 Å². The maximum absolute atomic E-state index is 12.9. The Kier molecular flexibility index (Phi) is 4.00. The third kappa shape index (κ3) is 3.65. The van der Waals surface area contributed by atoms with Crippen molar-refractivity contribution in [1.82, 2.24) is 0 Å². The first-order valence-corrected chi connectivity index (χ1v) is 5.90. The normalized spacial score (nSPS) is 31.7. The third-order valence-corrected chi connectivity index (χ3v) is 3.43. The molecule has 0 radical (unpaired) electrons. The highest BCUT2D eigenvalue weighted by Gasteiger charge is 2.35. The van der Waals surface area contributed by atoms with Crippen molar-refractivity contribution in [1.29, 1.82) is 0 Å². The van der Waals surface area contributed by atoms with Crippen molar-refractivity contribution in [3.8, 4) is 0 Å². The predicted octanol–water partition coefficient (Wildman–Crippen LogP) is 1.74. The lowest BCUT2D eigenvalue weighted by atomic mass is 9.97. The number of hydrogen-bond donors (Lipinski definition) is 1. The quantitative estimate of drug-likeness (QED) is 0.742. The van der Waals surface area contributed by atoms with Crippen molar-refractivity contribution < 1.29 is 19.0 Å². The number of carbonyl (C=O) groups excluding carboxylic acids is 1. The van der Waals surface area contributed by atoms with Gasteiger partial charge in [0.15, 0.2) is 0 Å². The van der Waals surface area contributed by atoms with Crippen molar-refractivity contribution in [2.75, 3.05) is 6.61 Å². The van der Waals surface area contributed by atoms with Gasteiger partial charge in [0.1, 0.15) is 18.2 Å². The van der Waals surface area contributed by atoms with E-state index in [4.69, 9.17) is 9.84 Å². The average Bonchev–Trinajstić information content (AvgIpc) is 2.41. The Bertz CT molecular complexity index is 229. The van der Waals surface area contributed by atoms with E-state index in [1.165, 1.54) is 0 Å². The SMILES string of the molecule is CC(C)(C)C(=O)OCC1CC(F)C(O)S1. The first-order valence-electron chi connectivity index (χ1n) is 4.95. The number of aliphatic hydroxyl groups excluding tert-OH is 1. The summed E-state index contributed by atoms with van der Waals surface area (Å²) in [5, 5.41) is 9.02. The molecule has 1 saturated heterocycles. The highest BCUT2D eigenvalue weighted by molar-refractivity contribution is 8.00. The second kappa shape index (κ2) is 4.70. The standard InChI is InChI=1S/C10H17FO3S/c1-10(2,3)9(13)14-5-6-4-7(11)8(12)15-6/h6-8,12H,4-5H2,1-3H3. The van der Waals surface area contributed by atoms with Gasteiger partial charge in [-0.2, -0.15) is 0 Å². The monoisotopic (exact) mass is 236 g/mol. The van der Waals surface area contributed by atoms with E-state index in [-0.39, 0.29) is 24.2 Å². The van der Waals surface area contributed by atoms with Crippen molar-refractivity contribution in [2.45, 2.75) is 44.0 Å². The van der Waals surface area contributed by atoms with Gasteiger partial charge in [-0.1, -0.05) is 0 Å². The molecule has 15 heavy (non-hydrogen) atoms. The van der Waals surface area contributed by atoms with E-state index in [9.17, 15) is 9.18 Å². The molecule has 0 spiro atoms. The van der Waals surface area contributed by atoms with Gasteiger partial charge in [-0.25, -0.2) is 4.39 Å². The minimum Gasteiger partial charge on any atom is -0.464 e. The van der Waals surface area contributed by atoms with Gasteiger partial charge >= 0.3 is 5.97 Å². The summed E-state index contributed by atoms with van der Waals surface area (Å²) >= 11 is 1.13. The number of rotatable bonds is 2. The molecule has 0 aromatic rings. The molecule has 0 amide bonds. The number of halogens is 1. The van der Waals surface area contributed by atoms with Crippen molar-refractivity contribution in [3.63, 3.8) is 0 Å². The number of hydrogen-bond acceptors (Lipinski definition) is 4. The maximum atomic E-state index is 12.9. The van der Waals surface area contributed by atoms with Crippen LogP contribution in [0.1, 0.15) is 27.2 Å². The lowest BCUT2D eigenvalue weighted by Gasteiger charge is -2.18. The largest absolute Gasteiger partial charge is 0.464 e. The van der Waals surface area contributed by atoms with Gasteiger partial charge in [-0.05, 0) is 27.2 Å². The van der Waals surface area contributed by atoms with Crippen LogP contribution in [0.3, 0.4) is 0 Å². The molecular weight excluding hydrogens is 219 g/mol. The van der Waals surface area contributed by atoms with E-state index in [2.05, 4.69) is 0 Å². The fourth-order valence-corrected chi connectivity index (χ4v) is 2.32. The van der Waals surface area contributed by atoms with Crippen LogP contribution in [0.4, 0.5) is 4.39 Å². The fraction of sp³-hybridized carbons (Fsp3) is 0.900. The molecule has 3 nitrogen and oxygen atoms in total. The van der Waals surface area contributed by atoms with Crippen LogP contribution in [0.2, 0.25) is 0 Å². The van der Waals surface area contributed by atoms with E-state index >= 15 is 0 Å². The number of aliphatic hydroxyl groups is 1. The Balaban J connectivity index is 2.30. The second-order valence-electron chi connectivity index (χ2n) is 4.75. The first-order chi connectivity index (χ1) is 6.80. The summed E-state index contributed by atoms with van der Waals surface area (Å²) in [5.74, 6) is -0.292. The molecule has 0 aliphatic carbocycles. The third-order valence-electron chi connectivity index (χ3n) is 2.14. The summed E-state index contributed by atoms with van der Waals surface area (Å²) in [6, 6.07) is 0. The molecule has 88 valence electrons. The number of carbonyl (C=O) groups is 1. The predicted molar refractivity (Wildman–Crippen MR) is 57.3 cm³/mol. The minimum atomic E-state index is -1.20. The van der Waals surface area contributed by atoms with Crippen LogP contribution in [-0.2, 0) is 9.53 Å². The lowest BCUT2D eigenvalue weighted by molar-refractivity contribution is -0.152. The molecule has 3 atom stereocenters. The molecule has 1 aliphatic heterocycles. The Morgan fingerprint density at radius 1 is 1.60 bits per heavy atom. The van der Waals surface area contributed by atoms with E-state index < -0.39 is 17.0 Å². The van der Waals surface area contributed by atoms with Crippen LogP contribution >= 0.6 is 11.8 Å². The summed E-state index contributed by atoms with van der Waals surface area (Å²) in [6.07, 6.45) is -0.947. The molecular formula is C10H17FO3S. The summed E-state index contributed by atoms with van der Waals surface area (Å²) < 4.78 is 18.0. The number of thioether (sulfide) groups is 1. The molecule has 0 bridgehead atoms. The zero-order chi connectivity index (χ0) is 11.6. The molecule has 1 fully saturated rings. The smallest absolute Gasteiger partial charge is 0.311 e. The molecule has 1 N–H and O–H groups in total. The zero-order valence-corrected chi connectivity index (χ0v) is 10.0. The van der Waals surface area contributed by atoms with Crippen LogP contribution in [0, 0.1) is 5.41 Å². The van der Waals surface area contributed by atoms with Crippen molar-refractivity contribution in [2.24, 2.45) is 5.41 Å². The van der Waals surface area contributed by atoms with Gasteiger partial charge in [0.05, 0.1) is 5.41 Å². The summed E-state index contributed by atoms with van der Waals surface area (Å²) in [5.41, 5.74) is -1.50. The highest BCUT2D eigenvalue weighted by atomic mass is 32.2. The Morgan fingerprint density at radius 2 is 2.20 bits per heavy atom. The second-order valence-corrected chi connectivity index (χ2v) is 6.17. The Labute approximate surface area is 93.4 Å². The lowest BCUT2D eigenvalue weighted by Crippen LogP contribution is -2.25. The van der Waals surface area contributed by atoms with Crippen molar-refractivity contribution >= 4 is 17.7 Å². The molecule has 5 heteroatoms. The van der Waals surface area contributed by atoms with Crippen LogP contribution in [-0.4, -0.2) is 34.5 Å². The van der Waals surface area contributed by atoms with Gasteiger partial charge in [-0.15, -0.1) is 11.8 Å². The topological polar surface area (TPSA) is 46.5 Å². The average molecular weight is 236 g/mol. The molecule has 1 heterocycles. The molecule has 1 aliphatic rings. The maximum Gasteiger partial charge on any atom is 0.311 e. The number of alkyl halides is 1. The van der Waals surface area contributed by atoms with E-state index in [1.54, 1.807) is 20.8 Å². The first kappa shape index (κ1) is 12.8. The molecule has 0 saturated carbocycles. The molecule has 0 aromatic heterocycles. The van der Waals surface area contributed by atoms with Crippen LogP contribution in [0.5, 0.6) is 0 Å². The molecule has 1 rings (SSSR count). The van der Waals surface area contributed by atoms with Gasteiger partial charge in [0.2, 0.25) is 0 Å². The summed E-state index contributed by atoms with van der Waals surface area (Å²) in [4.78, 5) is 11.4. The van der Waals surface area contributed by atoms with Gasteiger partial charge in [0.25, 0.3) is 0 Å². The Morgan fingerprint density at radius 3 is 2.60 bits per heavy atom. The van der Waals surface area contributed by atoms with Gasteiger partial charge in [-0.3, -0.25) is 4.79 Å². The van der Waals surface area contributed by atoms with E-state index in [0.717, 1.165) is 11.8 Å². The highest BCUT2D eigenvalue weighted by Crippen LogP contribution is 2.34. The van der Waals surface area contributed by atoms with Gasteiger partial charge < -0.3 is 9.84 Å². The Hall–Kier alpha value is -0.290.